The molecule has 0 amide bonds. The predicted molar refractivity (Wildman–Crippen MR) is 143 cm³/mol. The Bertz CT molecular complexity index is 1580. The summed E-state index contributed by atoms with van der Waals surface area (Å²) in [5.41, 5.74) is 3.64. The molecule has 0 saturated heterocycles. The lowest BCUT2D eigenvalue weighted by Crippen LogP contribution is -1.97. The first-order valence-corrected chi connectivity index (χ1v) is 12.5. The van der Waals surface area contributed by atoms with Gasteiger partial charge in [0, 0.05) is 17.0 Å². The fourth-order valence-electron chi connectivity index (χ4n) is 4.25. The zero-order chi connectivity index (χ0) is 25.1. The minimum Gasteiger partial charge on any atom is -0.418 e. The zero-order valence-electron chi connectivity index (χ0n) is 19.4. The molecule has 1 atom stereocenters. The van der Waals surface area contributed by atoms with Gasteiger partial charge in [-0.1, -0.05) is 84.9 Å². The van der Waals surface area contributed by atoms with Gasteiger partial charge in [-0.15, -0.1) is 0 Å². The van der Waals surface area contributed by atoms with Crippen molar-refractivity contribution in [2.45, 2.75) is 6.92 Å². The van der Waals surface area contributed by atoms with Crippen LogP contribution in [0, 0.1) is 17.0 Å². The smallest absolute Gasteiger partial charge is 0.418 e. The van der Waals surface area contributed by atoms with Crippen LogP contribution < -0.4 is 9.05 Å². The Balaban J connectivity index is 1.50. The molecule has 0 radical (unpaired) electrons. The van der Waals surface area contributed by atoms with Gasteiger partial charge in [0.05, 0.1) is 10.5 Å². The van der Waals surface area contributed by atoms with Crippen LogP contribution in [-0.2, 0) is 4.57 Å². The van der Waals surface area contributed by atoms with Gasteiger partial charge in [0.15, 0.2) is 0 Å². The van der Waals surface area contributed by atoms with E-state index in [-0.39, 0.29) is 11.4 Å². The molecule has 0 aromatic heterocycles. The second-order valence-corrected chi connectivity index (χ2v) is 9.14. The molecule has 0 aliphatic carbocycles. The largest absolute Gasteiger partial charge is 0.419 e. The van der Waals surface area contributed by atoms with Crippen LogP contribution >= 0.6 is 8.25 Å². The molecule has 0 N–H and O–H groups in total. The van der Waals surface area contributed by atoms with E-state index in [0.717, 1.165) is 16.5 Å². The van der Waals surface area contributed by atoms with Crippen LogP contribution in [0.25, 0.3) is 33.0 Å². The minimum atomic E-state index is -3.06. The molecule has 0 aliphatic rings. The summed E-state index contributed by atoms with van der Waals surface area (Å²) < 4.78 is 24.6. The topological polar surface area (TPSA) is 78.7 Å². The number of nitro groups is 1. The van der Waals surface area contributed by atoms with Crippen LogP contribution in [-0.4, -0.2) is 4.92 Å². The maximum atomic E-state index is 13.1. The first kappa shape index (κ1) is 23.3. The molecule has 0 fully saturated rings. The van der Waals surface area contributed by atoms with Gasteiger partial charge in [-0.3, -0.25) is 10.1 Å². The van der Waals surface area contributed by atoms with E-state index in [4.69, 9.17) is 9.05 Å². The van der Waals surface area contributed by atoms with Gasteiger partial charge in [0.25, 0.3) is 5.69 Å². The Hall–Kier alpha value is -4.41. The average molecular weight is 495 g/mol. The van der Waals surface area contributed by atoms with Gasteiger partial charge in [0.2, 0.25) is 0 Å². The first-order chi connectivity index (χ1) is 17.5. The highest BCUT2D eigenvalue weighted by Gasteiger charge is 2.23. The number of aryl methyl sites for hydroxylation is 1. The highest BCUT2D eigenvalue weighted by Crippen LogP contribution is 2.45. The summed E-state index contributed by atoms with van der Waals surface area (Å²) in [5, 5.41) is 13.3. The Morgan fingerprint density at radius 1 is 0.722 bits per heavy atom. The Kier molecular flexibility index (Phi) is 6.52. The number of hydrogen-bond acceptors (Lipinski definition) is 5. The van der Waals surface area contributed by atoms with Crippen molar-refractivity contribution in [3.8, 4) is 33.8 Å². The molecule has 178 valence electrons. The maximum absolute atomic E-state index is 13.1. The summed E-state index contributed by atoms with van der Waals surface area (Å²) in [6, 6.07) is 33.1. The number of rotatable bonds is 7. The van der Waals surface area contributed by atoms with E-state index < -0.39 is 13.2 Å². The molecule has 0 saturated carbocycles. The second kappa shape index (κ2) is 10.1. The van der Waals surface area contributed by atoms with E-state index in [1.807, 2.05) is 72.8 Å². The molecule has 5 aromatic rings. The first-order valence-electron chi connectivity index (χ1n) is 11.3. The molecule has 0 aliphatic heterocycles. The third-order valence-corrected chi connectivity index (χ3v) is 6.72. The van der Waals surface area contributed by atoms with Crippen LogP contribution in [0.5, 0.6) is 11.5 Å². The second-order valence-electron chi connectivity index (χ2n) is 8.23. The van der Waals surface area contributed by atoms with Gasteiger partial charge >= 0.3 is 8.25 Å². The van der Waals surface area contributed by atoms with Crippen LogP contribution in [0.3, 0.4) is 0 Å². The highest BCUT2D eigenvalue weighted by molar-refractivity contribution is 7.34. The van der Waals surface area contributed by atoms with Crippen LogP contribution in [0.15, 0.2) is 109 Å². The summed E-state index contributed by atoms with van der Waals surface area (Å²) in [7, 11) is -3.06. The number of benzene rings is 5. The Labute approximate surface area is 208 Å². The van der Waals surface area contributed by atoms with E-state index >= 15 is 0 Å². The molecular weight excluding hydrogens is 473 g/mol. The van der Waals surface area contributed by atoms with Crippen LogP contribution in [0.1, 0.15) is 5.56 Å². The molecule has 1 unspecified atom stereocenters. The monoisotopic (exact) mass is 495 g/mol. The lowest BCUT2D eigenvalue weighted by atomic mass is 9.95. The maximum Gasteiger partial charge on any atom is 0.419 e. The van der Waals surface area contributed by atoms with E-state index in [9.17, 15) is 14.7 Å². The predicted octanol–water partition coefficient (Wildman–Crippen LogP) is 8.24. The summed E-state index contributed by atoms with van der Waals surface area (Å²) in [4.78, 5) is 11.4. The van der Waals surface area contributed by atoms with Gasteiger partial charge in [-0.05, 0) is 47.2 Å². The van der Waals surface area contributed by atoms with Gasteiger partial charge < -0.3 is 9.05 Å². The van der Waals surface area contributed by atoms with E-state index in [1.54, 1.807) is 37.3 Å². The Morgan fingerprint density at radius 2 is 1.42 bits per heavy atom. The number of nitrogens with zero attached hydrogens (tertiary/aromatic N) is 1. The van der Waals surface area contributed by atoms with Gasteiger partial charge in [-0.2, -0.15) is 0 Å². The minimum absolute atomic E-state index is 0.0489. The number of nitro benzene ring substituents is 1. The molecule has 36 heavy (non-hydrogen) atoms. The lowest BCUT2D eigenvalue weighted by molar-refractivity contribution is -0.384. The molecule has 5 aromatic carbocycles. The fraction of sp³-hybridized carbons (Fsp3) is 0.0345. The van der Waals surface area contributed by atoms with Crippen molar-refractivity contribution < 1.29 is 18.5 Å². The van der Waals surface area contributed by atoms with Gasteiger partial charge in [-0.25, -0.2) is 4.57 Å². The van der Waals surface area contributed by atoms with Crippen molar-refractivity contribution >= 4 is 24.7 Å². The van der Waals surface area contributed by atoms with Crippen molar-refractivity contribution in [1.82, 2.24) is 0 Å². The van der Waals surface area contributed by atoms with Crippen molar-refractivity contribution in [1.29, 1.82) is 0 Å². The van der Waals surface area contributed by atoms with Crippen molar-refractivity contribution in [2.75, 3.05) is 0 Å². The SMILES string of the molecule is Cc1cccc([N+](=O)[O-])c1-c1ccc2ccccc2c1O[PH](=O)Oc1ccc(-c2ccccc2)cc1. The van der Waals surface area contributed by atoms with Crippen molar-refractivity contribution in [3.05, 3.63) is 125 Å². The highest BCUT2D eigenvalue weighted by atomic mass is 31.1. The van der Waals surface area contributed by atoms with Crippen molar-refractivity contribution in [3.63, 3.8) is 0 Å². The summed E-state index contributed by atoms with van der Waals surface area (Å²) in [5.74, 6) is 0.692. The molecule has 5 rings (SSSR count). The third kappa shape index (κ3) is 4.72. The van der Waals surface area contributed by atoms with E-state index in [1.165, 1.54) is 6.07 Å². The van der Waals surface area contributed by atoms with E-state index in [2.05, 4.69) is 0 Å². The van der Waals surface area contributed by atoms with Crippen LogP contribution in [0.4, 0.5) is 5.69 Å². The Morgan fingerprint density at radius 3 is 2.17 bits per heavy atom. The normalized spacial score (nSPS) is 11.7. The quantitative estimate of drug-likeness (QED) is 0.129. The van der Waals surface area contributed by atoms with Crippen LogP contribution in [0.2, 0.25) is 0 Å². The van der Waals surface area contributed by atoms with E-state index in [0.29, 0.717) is 27.8 Å². The average Bonchev–Trinajstić information content (AvgIpc) is 2.90. The molecule has 7 heteroatoms. The lowest BCUT2D eigenvalue weighted by Gasteiger charge is -2.16. The summed E-state index contributed by atoms with van der Waals surface area (Å²) >= 11 is 0. The van der Waals surface area contributed by atoms with Crippen molar-refractivity contribution in [2.24, 2.45) is 0 Å². The third-order valence-electron chi connectivity index (χ3n) is 5.94. The zero-order valence-corrected chi connectivity index (χ0v) is 20.4. The summed E-state index contributed by atoms with van der Waals surface area (Å²) in [6.45, 7) is 1.80. The molecule has 6 nitrogen and oxygen atoms in total. The molecule has 0 bridgehead atoms. The number of hydrogen-bond donors (Lipinski definition) is 0. The number of fused-ring (bicyclic) bond motifs is 1. The molecule has 0 heterocycles. The summed E-state index contributed by atoms with van der Waals surface area (Å²) in [6.07, 6.45) is 0. The fourth-order valence-corrected chi connectivity index (χ4v) is 5.01. The molecule has 0 spiro atoms. The standard InChI is InChI=1S/C29H22NO5P/c1-20-8-7-13-27(30(31)32)28(20)26-19-16-23-11-5-6-12-25(23)29(26)35-36(33)34-24-17-14-22(15-18-24)21-9-3-2-4-10-21/h2-19,36H,1H3. The van der Waals surface area contributed by atoms with Gasteiger partial charge in [0.1, 0.15) is 11.5 Å². The molecular formula is C29H22NO5P.